The van der Waals surface area contributed by atoms with Crippen LogP contribution < -0.4 is 20.1 Å². The van der Waals surface area contributed by atoms with E-state index in [4.69, 9.17) is 9.47 Å². The van der Waals surface area contributed by atoms with Gasteiger partial charge >= 0.3 is 0 Å². The molecule has 37 heavy (non-hydrogen) atoms. The quantitative estimate of drug-likeness (QED) is 0.219. The van der Waals surface area contributed by atoms with Crippen molar-refractivity contribution in [2.75, 3.05) is 24.4 Å². The lowest BCUT2D eigenvalue weighted by molar-refractivity contribution is -0.118. The minimum atomic E-state index is -0.323. The maximum atomic E-state index is 13.0. The Morgan fingerprint density at radius 2 is 1.76 bits per heavy atom. The zero-order valence-corrected chi connectivity index (χ0v) is 22.1. The molecule has 1 unspecified atom stereocenters. The molecule has 0 aliphatic rings. The number of para-hydroxylation sites is 1. The number of methoxy groups -OCH3 is 1. The molecule has 7 nitrogen and oxygen atoms in total. The second-order valence-electron chi connectivity index (χ2n) is 7.95. The van der Waals surface area contributed by atoms with Gasteiger partial charge in [0.2, 0.25) is 5.91 Å². The van der Waals surface area contributed by atoms with Crippen molar-refractivity contribution in [1.82, 2.24) is 4.98 Å². The number of nitrogens with zero attached hydrogens (tertiary/aromatic N) is 1. The molecule has 1 aromatic heterocycles. The summed E-state index contributed by atoms with van der Waals surface area (Å²) >= 11 is 2.82. The number of hydrogen-bond acceptors (Lipinski definition) is 7. The summed E-state index contributed by atoms with van der Waals surface area (Å²) < 4.78 is 10.8. The molecular weight excluding hydrogens is 506 g/mol. The molecule has 0 bridgehead atoms. The number of aromatic nitrogens is 1. The van der Waals surface area contributed by atoms with Gasteiger partial charge in [-0.15, -0.1) is 23.1 Å². The molecule has 0 fully saturated rings. The number of benzene rings is 3. The predicted octanol–water partition coefficient (Wildman–Crippen LogP) is 6.35. The topological polar surface area (TPSA) is 89.5 Å². The number of rotatable bonds is 11. The molecule has 1 atom stereocenters. The van der Waals surface area contributed by atoms with E-state index < -0.39 is 0 Å². The van der Waals surface area contributed by atoms with Crippen molar-refractivity contribution in [2.45, 2.75) is 23.5 Å². The maximum absolute atomic E-state index is 13.0. The van der Waals surface area contributed by atoms with Crippen LogP contribution in [0.2, 0.25) is 0 Å². The summed E-state index contributed by atoms with van der Waals surface area (Å²) in [5, 5.41) is 7.91. The summed E-state index contributed by atoms with van der Waals surface area (Å²) in [4.78, 5) is 30.8. The van der Waals surface area contributed by atoms with Crippen molar-refractivity contribution in [3.05, 3.63) is 84.2 Å². The van der Waals surface area contributed by atoms with Gasteiger partial charge in [0.05, 0.1) is 18.1 Å². The predicted molar refractivity (Wildman–Crippen MR) is 150 cm³/mol. The summed E-state index contributed by atoms with van der Waals surface area (Å²) in [5.41, 5.74) is 2.34. The van der Waals surface area contributed by atoms with Gasteiger partial charge in [0.1, 0.15) is 11.5 Å². The molecule has 0 saturated carbocycles. The van der Waals surface area contributed by atoms with Gasteiger partial charge in [-0.25, -0.2) is 4.98 Å². The first-order valence-electron chi connectivity index (χ1n) is 11.7. The van der Waals surface area contributed by atoms with Crippen molar-refractivity contribution in [1.29, 1.82) is 0 Å². The fraction of sp³-hybridized carbons (Fsp3) is 0.179. The molecule has 0 radical (unpaired) electrons. The molecule has 4 aromatic rings. The number of ether oxygens (including phenoxy) is 2. The Morgan fingerprint density at radius 3 is 2.54 bits per heavy atom. The maximum Gasteiger partial charge on any atom is 0.262 e. The normalized spacial score (nSPS) is 11.4. The van der Waals surface area contributed by atoms with Gasteiger partial charge in [-0.2, -0.15) is 0 Å². The van der Waals surface area contributed by atoms with Gasteiger partial charge in [0, 0.05) is 21.5 Å². The zero-order valence-electron chi connectivity index (χ0n) is 20.5. The molecule has 0 aliphatic carbocycles. The van der Waals surface area contributed by atoms with E-state index in [-0.39, 0.29) is 23.7 Å². The van der Waals surface area contributed by atoms with Crippen molar-refractivity contribution < 1.29 is 19.1 Å². The zero-order chi connectivity index (χ0) is 26.0. The minimum absolute atomic E-state index is 0.0903. The second-order valence-corrected chi connectivity index (χ2v) is 10.1. The highest BCUT2D eigenvalue weighted by atomic mass is 32.2. The molecule has 0 saturated heterocycles. The molecule has 0 aliphatic heterocycles. The lowest BCUT2D eigenvalue weighted by Crippen LogP contribution is -2.24. The van der Waals surface area contributed by atoms with E-state index in [0.29, 0.717) is 23.0 Å². The van der Waals surface area contributed by atoms with E-state index in [9.17, 15) is 9.59 Å². The number of hydrogen-bond donors (Lipinski definition) is 2. The Bertz CT molecular complexity index is 1340. The number of nitrogens with one attached hydrogen (secondary N) is 2. The fourth-order valence-corrected chi connectivity index (χ4v) is 5.16. The van der Waals surface area contributed by atoms with Gasteiger partial charge in [-0.05, 0) is 48.9 Å². The molecule has 2 N–H and O–H groups in total. The van der Waals surface area contributed by atoms with Crippen LogP contribution in [0.5, 0.6) is 11.5 Å². The minimum Gasteiger partial charge on any atom is -0.497 e. The molecule has 0 spiro atoms. The number of carbonyl (C=O) groups excluding carboxylic acids is 2. The van der Waals surface area contributed by atoms with Gasteiger partial charge in [0.15, 0.2) is 11.7 Å². The average Bonchev–Trinajstić information content (AvgIpc) is 3.40. The Balaban J connectivity index is 1.33. The third-order valence-electron chi connectivity index (χ3n) is 5.27. The highest BCUT2D eigenvalue weighted by Crippen LogP contribution is 2.31. The summed E-state index contributed by atoms with van der Waals surface area (Å²) in [7, 11) is 1.62. The lowest BCUT2D eigenvalue weighted by Gasteiger charge is -2.14. The van der Waals surface area contributed by atoms with E-state index in [1.165, 1.54) is 23.1 Å². The van der Waals surface area contributed by atoms with Gasteiger partial charge in [0.25, 0.3) is 5.91 Å². The molecule has 9 heteroatoms. The van der Waals surface area contributed by atoms with Gasteiger partial charge < -0.3 is 20.1 Å². The van der Waals surface area contributed by atoms with Crippen LogP contribution in [-0.4, -0.2) is 35.8 Å². The van der Waals surface area contributed by atoms with E-state index in [0.717, 1.165) is 21.9 Å². The summed E-state index contributed by atoms with van der Waals surface area (Å²) in [6, 6.07) is 24.2. The molecular formula is C28H27N3O4S2. The highest BCUT2D eigenvalue weighted by Gasteiger charge is 2.20. The van der Waals surface area contributed by atoms with E-state index in [2.05, 4.69) is 15.6 Å². The monoisotopic (exact) mass is 533 g/mol. The van der Waals surface area contributed by atoms with E-state index in [1.807, 2.05) is 73.0 Å². The first-order chi connectivity index (χ1) is 18.0. The van der Waals surface area contributed by atoms with E-state index >= 15 is 0 Å². The number of carbonyl (C=O) groups is 2. The van der Waals surface area contributed by atoms with E-state index in [1.54, 1.807) is 25.3 Å². The molecule has 2 amide bonds. The number of anilines is 2. The summed E-state index contributed by atoms with van der Waals surface area (Å²) in [6.07, 6.45) is 0.631. The first-order valence-corrected chi connectivity index (χ1v) is 13.4. The van der Waals surface area contributed by atoms with Crippen LogP contribution in [0.4, 0.5) is 10.8 Å². The fourth-order valence-electron chi connectivity index (χ4n) is 3.43. The number of thioether (sulfide) groups is 1. The summed E-state index contributed by atoms with van der Waals surface area (Å²) in [5.74, 6) is 1.01. The largest absolute Gasteiger partial charge is 0.497 e. The molecule has 1 heterocycles. The van der Waals surface area contributed by atoms with Crippen LogP contribution in [0, 0.1) is 0 Å². The SMILES string of the molecule is CCC(Sc1cccc(NC(=O)COc2ccccc2)c1)C(=O)Nc1nc(-c2cccc(OC)c2)cs1. The number of thiazole rings is 1. The lowest BCUT2D eigenvalue weighted by atomic mass is 10.2. The Kier molecular flexibility index (Phi) is 9.18. The second kappa shape index (κ2) is 12.9. The van der Waals surface area contributed by atoms with Crippen LogP contribution in [0.25, 0.3) is 11.3 Å². The van der Waals surface area contributed by atoms with Crippen molar-refractivity contribution in [3.8, 4) is 22.8 Å². The highest BCUT2D eigenvalue weighted by molar-refractivity contribution is 8.00. The van der Waals surface area contributed by atoms with Crippen LogP contribution in [0.1, 0.15) is 13.3 Å². The van der Waals surface area contributed by atoms with Crippen molar-refractivity contribution in [2.24, 2.45) is 0 Å². The smallest absolute Gasteiger partial charge is 0.262 e. The Hall–Kier alpha value is -3.82. The Morgan fingerprint density at radius 1 is 0.973 bits per heavy atom. The van der Waals surface area contributed by atoms with Crippen LogP contribution >= 0.6 is 23.1 Å². The third-order valence-corrected chi connectivity index (χ3v) is 7.39. The van der Waals surface area contributed by atoms with Crippen LogP contribution in [0.15, 0.2) is 89.1 Å². The molecule has 190 valence electrons. The molecule has 4 rings (SSSR count). The molecule has 3 aromatic carbocycles. The Labute approximate surface area is 224 Å². The average molecular weight is 534 g/mol. The first kappa shape index (κ1) is 26.2. The number of amides is 2. The van der Waals surface area contributed by atoms with Crippen molar-refractivity contribution in [3.63, 3.8) is 0 Å². The summed E-state index contributed by atoms with van der Waals surface area (Å²) in [6.45, 7) is 1.88. The third kappa shape index (κ3) is 7.58. The standard InChI is InChI=1S/C28H27N3O4S2/c1-3-25(27(33)31-28-30-24(18-36-28)19-9-7-13-22(15-19)34-2)37-23-14-8-10-20(16-23)29-26(32)17-35-21-11-5-4-6-12-21/h4-16,18,25H,3,17H2,1-2H3,(H,29,32)(H,30,31,33). The van der Waals surface area contributed by atoms with Crippen LogP contribution in [0.3, 0.4) is 0 Å². The van der Waals surface area contributed by atoms with Crippen molar-refractivity contribution >= 4 is 45.7 Å². The van der Waals surface area contributed by atoms with Gasteiger partial charge in [-0.1, -0.05) is 43.3 Å². The van der Waals surface area contributed by atoms with Gasteiger partial charge in [-0.3, -0.25) is 9.59 Å². The van der Waals surface area contributed by atoms with Crippen LogP contribution in [-0.2, 0) is 9.59 Å².